The summed E-state index contributed by atoms with van der Waals surface area (Å²) in [5.41, 5.74) is 1.35. The SMILES string of the molecule is Cc1nc(C(=O)N2CCC(C(=O)c3ccccc3)CC2)ccc1C(=O)O. The summed E-state index contributed by atoms with van der Waals surface area (Å²) >= 11 is 0. The van der Waals surface area contributed by atoms with Gasteiger partial charge in [0.25, 0.3) is 5.91 Å². The number of pyridine rings is 1. The third kappa shape index (κ3) is 3.64. The zero-order chi connectivity index (χ0) is 18.7. The number of nitrogens with zero attached hydrogens (tertiary/aromatic N) is 2. The van der Waals surface area contributed by atoms with Crippen LogP contribution >= 0.6 is 0 Å². The molecule has 1 aliphatic heterocycles. The van der Waals surface area contributed by atoms with Gasteiger partial charge < -0.3 is 10.0 Å². The number of carbonyl (C=O) groups excluding carboxylic acids is 2. The molecule has 1 saturated heterocycles. The number of piperidine rings is 1. The number of carboxylic acids is 1. The number of amides is 1. The van der Waals surface area contributed by atoms with E-state index >= 15 is 0 Å². The van der Waals surface area contributed by atoms with Crippen molar-refractivity contribution in [2.24, 2.45) is 5.92 Å². The van der Waals surface area contributed by atoms with Crippen LogP contribution in [0.4, 0.5) is 0 Å². The van der Waals surface area contributed by atoms with E-state index in [1.807, 2.05) is 30.3 Å². The lowest BCUT2D eigenvalue weighted by Gasteiger charge is -2.31. The molecule has 0 spiro atoms. The Morgan fingerprint density at radius 2 is 1.69 bits per heavy atom. The number of rotatable bonds is 4. The van der Waals surface area contributed by atoms with Gasteiger partial charge in [-0.05, 0) is 31.9 Å². The third-order valence-electron chi connectivity index (χ3n) is 4.75. The number of hydrogen-bond donors (Lipinski definition) is 1. The Labute approximate surface area is 151 Å². The Morgan fingerprint density at radius 1 is 1.04 bits per heavy atom. The summed E-state index contributed by atoms with van der Waals surface area (Å²) in [4.78, 5) is 42.0. The van der Waals surface area contributed by atoms with Gasteiger partial charge in [-0.15, -0.1) is 0 Å². The number of carboxylic acid groups (broad SMARTS) is 1. The van der Waals surface area contributed by atoms with Crippen LogP contribution in [0.25, 0.3) is 0 Å². The highest BCUT2D eigenvalue weighted by atomic mass is 16.4. The second-order valence-corrected chi connectivity index (χ2v) is 6.43. The van der Waals surface area contributed by atoms with Crippen LogP contribution in [-0.2, 0) is 0 Å². The zero-order valence-electron chi connectivity index (χ0n) is 14.5. The maximum atomic E-state index is 12.6. The molecule has 1 aliphatic rings. The summed E-state index contributed by atoms with van der Waals surface area (Å²) in [6, 6.07) is 12.1. The minimum atomic E-state index is -1.06. The van der Waals surface area contributed by atoms with Crippen LogP contribution in [0.3, 0.4) is 0 Å². The predicted molar refractivity (Wildman–Crippen MR) is 95.3 cm³/mol. The molecule has 1 amide bonds. The van der Waals surface area contributed by atoms with E-state index in [1.165, 1.54) is 12.1 Å². The van der Waals surface area contributed by atoms with Gasteiger partial charge in [-0.25, -0.2) is 9.78 Å². The van der Waals surface area contributed by atoms with Gasteiger partial charge in [0.15, 0.2) is 5.78 Å². The topological polar surface area (TPSA) is 87.6 Å². The zero-order valence-corrected chi connectivity index (χ0v) is 14.5. The molecule has 1 aromatic carbocycles. The van der Waals surface area contributed by atoms with E-state index < -0.39 is 5.97 Å². The smallest absolute Gasteiger partial charge is 0.337 e. The second kappa shape index (κ2) is 7.47. The number of ketones is 1. The van der Waals surface area contributed by atoms with Crippen molar-refractivity contribution in [1.82, 2.24) is 9.88 Å². The van der Waals surface area contributed by atoms with Crippen molar-refractivity contribution < 1.29 is 19.5 Å². The predicted octanol–water partition coefficient (Wildman–Crippen LogP) is 2.82. The van der Waals surface area contributed by atoms with Crippen molar-refractivity contribution in [2.45, 2.75) is 19.8 Å². The van der Waals surface area contributed by atoms with E-state index in [0.29, 0.717) is 37.2 Å². The van der Waals surface area contributed by atoms with Crippen LogP contribution in [0.5, 0.6) is 0 Å². The normalized spacial score (nSPS) is 14.9. The lowest BCUT2D eigenvalue weighted by atomic mass is 9.89. The van der Waals surface area contributed by atoms with Crippen molar-refractivity contribution in [3.8, 4) is 0 Å². The number of benzene rings is 1. The highest BCUT2D eigenvalue weighted by molar-refractivity contribution is 5.98. The van der Waals surface area contributed by atoms with E-state index in [1.54, 1.807) is 11.8 Å². The van der Waals surface area contributed by atoms with Gasteiger partial charge in [-0.3, -0.25) is 9.59 Å². The minimum absolute atomic E-state index is 0.0782. The third-order valence-corrected chi connectivity index (χ3v) is 4.75. The van der Waals surface area contributed by atoms with E-state index in [9.17, 15) is 14.4 Å². The summed E-state index contributed by atoms with van der Waals surface area (Å²) in [5.74, 6) is -1.24. The Balaban J connectivity index is 1.64. The van der Waals surface area contributed by atoms with Crippen LogP contribution in [0.2, 0.25) is 0 Å². The summed E-state index contributed by atoms with van der Waals surface area (Å²) in [6.45, 7) is 2.55. The van der Waals surface area contributed by atoms with Crippen LogP contribution in [-0.4, -0.2) is 45.7 Å². The second-order valence-electron chi connectivity index (χ2n) is 6.43. The van der Waals surface area contributed by atoms with Crippen LogP contribution < -0.4 is 0 Å². The molecule has 134 valence electrons. The molecule has 6 nitrogen and oxygen atoms in total. The quantitative estimate of drug-likeness (QED) is 0.855. The molecule has 0 saturated carbocycles. The summed E-state index contributed by atoms with van der Waals surface area (Å²) in [5, 5.41) is 9.05. The molecule has 0 aliphatic carbocycles. The molecule has 6 heteroatoms. The maximum Gasteiger partial charge on any atom is 0.337 e. The highest BCUT2D eigenvalue weighted by Gasteiger charge is 2.29. The van der Waals surface area contributed by atoms with Gasteiger partial charge in [0, 0.05) is 24.6 Å². The number of hydrogen-bond acceptors (Lipinski definition) is 4. The van der Waals surface area contributed by atoms with Crippen LogP contribution in [0.15, 0.2) is 42.5 Å². The van der Waals surface area contributed by atoms with Gasteiger partial charge in [-0.1, -0.05) is 30.3 Å². The number of Topliss-reactive ketones (excluding diaryl/α,β-unsaturated/α-hetero) is 1. The fraction of sp³-hybridized carbons (Fsp3) is 0.300. The first-order valence-electron chi connectivity index (χ1n) is 8.57. The molecule has 0 unspecified atom stereocenters. The molecule has 1 aromatic heterocycles. The lowest BCUT2D eigenvalue weighted by Crippen LogP contribution is -2.40. The first-order chi connectivity index (χ1) is 12.5. The molecule has 3 rings (SSSR count). The number of aryl methyl sites for hydroxylation is 1. The van der Waals surface area contributed by atoms with E-state index in [2.05, 4.69) is 4.98 Å². The Bertz CT molecular complexity index is 840. The average molecular weight is 352 g/mol. The average Bonchev–Trinajstić information content (AvgIpc) is 2.67. The molecule has 26 heavy (non-hydrogen) atoms. The van der Waals surface area contributed by atoms with Gasteiger partial charge >= 0.3 is 5.97 Å². The molecular weight excluding hydrogens is 332 g/mol. The number of likely N-dealkylation sites (tertiary alicyclic amines) is 1. The molecule has 1 N–H and O–H groups in total. The lowest BCUT2D eigenvalue weighted by molar-refractivity contribution is 0.0643. The van der Waals surface area contributed by atoms with Gasteiger partial charge in [0.1, 0.15) is 5.69 Å². The Morgan fingerprint density at radius 3 is 2.27 bits per heavy atom. The van der Waals surface area contributed by atoms with E-state index in [-0.39, 0.29) is 28.9 Å². The summed E-state index contributed by atoms with van der Waals surface area (Å²) in [7, 11) is 0. The Hall–Kier alpha value is -3.02. The van der Waals surface area contributed by atoms with Gasteiger partial charge in [-0.2, -0.15) is 0 Å². The van der Waals surface area contributed by atoms with Crippen molar-refractivity contribution in [1.29, 1.82) is 0 Å². The fourth-order valence-electron chi connectivity index (χ4n) is 3.25. The van der Waals surface area contributed by atoms with Crippen molar-refractivity contribution in [2.75, 3.05) is 13.1 Å². The molecule has 2 heterocycles. The van der Waals surface area contributed by atoms with Crippen LogP contribution in [0.1, 0.15) is 49.7 Å². The first kappa shape index (κ1) is 17.8. The molecule has 0 bridgehead atoms. The standard InChI is InChI=1S/C20H20N2O4/c1-13-16(20(25)26)7-8-17(21-13)19(24)22-11-9-15(10-12-22)18(23)14-5-3-2-4-6-14/h2-8,15H,9-12H2,1H3,(H,25,26). The number of aromatic nitrogens is 1. The molecule has 0 atom stereocenters. The van der Waals surface area contributed by atoms with Crippen molar-refractivity contribution >= 4 is 17.7 Å². The Kier molecular flexibility index (Phi) is 5.11. The van der Waals surface area contributed by atoms with E-state index in [4.69, 9.17) is 5.11 Å². The van der Waals surface area contributed by atoms with Gasteiger partial charge in [0.2, 0.25) is 0 Å². The number of aromatic carboxylic acids is 1. The molecule has 2 aromatic rings. The van der Waals surface area contributed by atoms with Crippen LogP contribution in [0, 0.1) is 12.8 Å². The summed E-state index contributed by atoms with van der Waals surface area (Å²) in [6.07, 6.45) is 1.23. The number of carbonyl (C=O) groups is 3. The fourth-order valence-corrected chi connectivity index (χ4v) is 3.25. The molecule has 1 fully saturated rings. The van der Waals surface area contributed by atoms with Crippen molar-refractivity contribution in [3.05, 3.63) is 65.0 Å². The monoisotopic (exact) mass is 352 g/mol. The first-order valence-corrected chi connectivity index (χ1v) is 8.57. The van der Waals surface area contributed by atoms with E-state index in [0.717, 1.165) is 0 Å². The maximum absolute atomic E-state index is 12.6. The summed E-state index contributed by atoms with van der Waals surface area (Å²) < 4.78 is 0. The largest absolute Gasteiger partial charge is 0.478 e. The minimum Gasteiger partial charge on any atom is -0.478 e. The highest BCUT2D eigenvalue weighted by Crippen LogP contribution is 2.23. The van der Waals surface area contributed by atoms with Gasteiger partial charge in [0.05, 0.1) is 11.3 Å². The molecule has 0 radical (unpaired) electrons. The van der Waals surface area contributed by atoms with Crippen molar-refractivity contribution in [3.63, 3.8) is 0 Å². The molecular formula is C20H20N2O4.